The van der Waals surface area contributed by atoms with E-state index < -0.39 is 0 Å². The van der Waals surface area contributed by atoms with Crippen molar-refractivity contribution >= 4 is 29.1 Å². The molecule has 0 spiro atoms. The van der Waals surface area contributed by atoms with Gasteiger partial charge in [-0.3, -0.25) is 4.98 Å². The Balaban J connectivity index is 2.20. The fourth-order valence-electron chi connectivity index (χ4n) is 1.73. The Morgan fingerprint density at radius 1 is 1.25 bits per heavy atom. The van der Waals surface area contributed by atoms with Gasteiger partial charge in [0.25, 0.3) is 0 Å². The van der Waals surface area contributed by atoms with E-state index in [9.17, 15) is 0 Å². The number of halogens is 1. The number of hydrogen-bond acceptors (Lipinski definition) is 5. The number of nitrogen functional groups attached to an aromatic ring is 1. The summed E-state index contributed by atoms with van der Waals surface area (Å²) in [6.45, 7) is 0. The van der Waals surface area contributed by atoms with Crippen LogP contribution in [0.2, 0.25) is 5.02 Å². The minimum Gasteiger partial charge on any atom is -0.493 e. The molecule has 0 atom stereocenters. The van der Waals surface area contributed by atoms with Gasteiger partial charge in [-0.2, -0.15) is 0 Å². The summed E-state index contributed by atoms with van der Waals surface area (Å²) in [6.07, 6.45) is 1.69. The number of rotatable bonds is 5. The maximum absolute atomic E-state index is 5.98. The molecule has 1 heterocycles. The molecule has 1 aromatic heterocycles. The molecule has 106 valence electrons. The molecule has 0 aliphatic heterocycles. The molecule has 0 aliphatic rings. The molecular formula is C14H15ClN2O2S. The molecular weight excluding hydrogens is 296 g/mol. The van der Waals surface area contributed by atoms with Gasteiger partial charge in [-0.15, -0.1) is 11.8 Å². The molecule has 0 bridgehead atoms. The summed E-state index contributed by atoms with van der Waals surface area (Å²) in [5.41, 5.74) is 7.42. The van der Waals surface area contributed by atoms with Gasteiger partial charge >= 0.3 is 0 Å². The predicted molar refractivity (Wildman–Crippen MR) is 82.8 cm³/mol. The average Bonchev–Trinajstić information content (AvgIpc) is 2.47. The third kappa shape index (κ3) is 3.29. The molecule has 0 radical (unpaired) electrons. The van der Waals surface area contributed by atoms with Crippen molar-refractivity contribution in [3.8, 4) is 11.5 Å². The van der Waals surface area contributed by atoms with Crippen LogP contribution in [0.1, 0.15) is 5.69 Å². The molecule has 20 heavy (non-hydrogen) atoms. The third-order valence-electron chi connectivity index (χ3n) is 2.71. The SMILES string of the molecule is COc1ccnc(CSc2cc(Cl)ccc2N)c1OC. The van der Waals surface area contributed by atoms with E-state index in [1.165, 1.54) is 0 Å². The number of aromatic nitrogens is 1. The molecule has 0 saturated heterocycles. The first-order valence-electron chi connectivity index (χ1n) is 5.89. The minimum absolute atomic E-state index is 0.616. The summed E-state index contributed by atoms with van der Waals surface area (Å²) < 4.78 is 10.6. The average molecular weight is 311 g/mol. The van der Waals surface area contributed by atoms with Crippen molar-refractivity contribution in [3.05, 3.63) is 41.2 Å². The first kappa shape index (κ1) is 14.8. The van der Waals surface area contributed by atoms with E-state index in [2.05, 4.69) is 4.98 Å². The van der Waals surface area contributed by atoms with Crippen molar-refractivity contribution in [3.63, 3.8) is 0 Å². The minimum atomic E-state index is 0.616. The van der Waals surface area contributed by atoms with E-state index >= 15 is 0 Å². The summed E-state index contributed by atoms with van der Waals surface area (Å²) in [4.78, 5) is 5.25. The second-order valence-corrected chi connectivity index (χ2v) is 5.42. The van der Waals surface area contributed by atoms with Crippen LogP contribution in [0.25, 0.3) is 0 Å². The van der Waals surface area contributed by atoms with Crippen molar-refractivity contribution in [1.29, 1.82) is 0 Å². The fraction of sp³-hybridized carbons (Fsp3) is 0.214. The maximum Gasteiger partial charge on any atom is 0.183 e. The quantitative estimate of drug-likeness (QED) is 0.675. The van der Waals surface area contributed by atoms with E-state index in [0.29, 0.717) is 28.0 Å². The Morgan fingerprint density at radius 2 is 2.05 bits per heavy atom. The van der Waals surface area contributed by atoms with Crippen molar-refractivity contribution < 1.29 is 9.47 Å². The molecule has 2 aromatic rings. The van der Waals surface area contributed by atoms with Crippen LogP contribution < -0.4 is 15.2 Å². The topological polar surface area (TPSA) is 57.4 Å². The summed E-state index contributed by atoms with van der Waals surface area (Å²) in [5.74, 6) is 1.92. The Kier molecular flexibility index (Phi) is 4.98. The van der Waals surface area contributed by atoms with Crippen LogP contribution in [-0.4, -0.2) is 19.2 Å². The first-order chi connectivity index (χ1) is 9.65. The van der Waals surface area contributed by atoms with Crippen LogP contribution in [0.5, 0.6) is 11.5 Å². The number of nitrogens with zero attached hydrogens (tertiary/aromatic N) is 1. The summed E-state index contributed by atoms with van der Waals surface area (Å²) in [6, 6.07) is 7.17. The lowest BCUT2D eigenvalue weighted by atomic mass is 10.3. The Labute approximate surface area is 127 Å². The highest BCUT2D eigenvalue weighted by molar-refractivity contribution is 7.98. The number of anilines is 1. The van der Waals surface area contributed by atoms with Gasteiger partial charge in [0.1, 0.15) is 0 Å². The first-order valence-corrected chi connectivity index (χ1v) is 7.25. The lowest BCUT2D eigenvalue weighted by Crippen LogP contribution is -1.98. The number of ether oxygens (including phenoxy) is 2. The van der Waals surface area contributed by atoms with Gasteiger partial charge in [-0.1, -0.05) is 11.6 Å². The highest BCUT2D eigenvalue weighted by Gasteiger charge is 2.12. The van der Waals surface area contributed by atoms with Crippen LogP contribution in [0.3, 0.4) is 0 Å². The normalized spacial score (nSPS) is 10.3. The molecule has 0 fully saturated rings. The summed E-state index contributed by atoms with van der Waals surface area (Å²) in [7, 11) is 3.20. The second kappa shape index (κ2) is 6.72. The monoisotopic (exact) mass is 310 g/mol. The number of pyridine rings is 1. The number of nitrogens with two attached hydrogens (primary N) is 1. The second-order valence-electron chi connectivity index (χ2n) is 3.96. The van der Waals surface area contributed by atoms with Crippen molar-refractivity contribution in [2.75, 3.05) is 20.0 Å². The fourth-order valence-corrected chi connectivity index (χ4v) is 2.91. The van der Waals surface area contributed by atoms with Gasteiger partial charge in [0.05, 0.1) is 19.9 Å². The molecule has 0 amide bonds. The zero-order valence-corrected chi connectivity index (χ0v) is 12.8. The molecule has 1 aromatic carbocycles. The van der Waals surface area contributed by atoms with Crippen LogP contribution in [-0.2, 0) is 5.75 Å². The molecule has 0 aliphatic carbocycles. The molecule has 2 N–H and O–H groups in total. The van der Waals surface area contributed by atoms with Crippen LogP contribution >= 0.6 is 23.4 Å². The van der Waals surface area contributed by atoms with E-state index in [-0.39, 0.29) is 0 Å². The lowest BCUT2D eigenvalue weighted by molar-refractivity contribution is 0.350. The van der Waals surface area contributed by atoms with E-state index in [4.69, 9.17) is 26.8 Å². The third-order valence-corrected chi connectivity index (χ3v) is 4.02. The van der Waals surface area contributed by atoms with Crippen molar-refractivity contribution in [2.24, 2.45) is 0 Å². The predicted octanol–water partition coefficient (Wildman–Crippen LogP) is 3.63. The molecule has 0 saturated carbocycles. The van der Waals surface area contributed by atoms with Gasteiger partial charge < -0.3 is 15.2 Å². The summed E-state index contributed by atoms with van der Waals surface area (Å²) in [5, 5.41) is 0.660. The van der Waals surface area contributed by atoms with E-state index in [1.807, 2.05) is 6.07 Å². The number of thioether (sulfide) groups is 1. The Hall–Kier alpha value is -1.59. The molecule has 0 unspecified atom stereocenters. The highest BCUT2D eigenvalue weighted by atomic mass is 35.5. The lowest BCUT2D eigenvalue weighted by Gasteiger charge is -2.12. The van der Waals surface area contributed by atoms with Crippen molar-refractivity contribution in [2.45, 2.75) is 10.6 Å². The van der Waals surface area contributed by atoms with E-state index in [0.717, 1.165) is 10.6 Å². The molecule has 4 nitrogen and oxygen atoms in total. The zero-order chi connectivity index (χ0) is 14.5. The molecule has 2 rings (SSSR count). The Morgan fingerprint density at radius 3 is 2.75 bits per heavy atom. The van der Waals surface area contributed by atoms with Gasteiger partial charge in [0.2, 0.25) is 0 Å². The summed E-state index contributed by atoms with van der Waals surface area (Å²) >= 11 is 7.53. The number of benzene rings is 1. The maximum atomic E-state index is 5.98. The van der Waals surface area contributed by atoms with Gasteiger partial charge in [-0.25, -0.2) is 0 Å². The highest BCUT2D eigenvalue weighted by Crippen LogP contribution is 2.35. The van der Waals surface area contributed by atoms with Crippen LogP contribution in [0.4, 0.5) is 5.69 Å². The zero-order valence-electron chi connectivity index (χ0n) is 11.2. The van der Waals surface area contributed by atoms with Crippen LogP contribution in [0.15, 0.2) is 35.4 Å². The van der Waals surface area contributed by atoms with Gasteiger partial charge in [0.15, 0.2) is 11.5 Å². The van der Waals surface area contributed by atoms with Gasteiger partial charge in [-0.05, 0) is 18.2 Å². The standard InChI is InChI=1S/C14H15ClN2O2S/c1-18-12-5-6-17-11(14(12)19-2)8-20-13-7-9(15)3-4-10(13)16/h3-7H,8,16H2,1-2H3. The Bertz CT molecular complexity index is 608. The van der Waals surface area contributed by atoms with Gasteiger partial charge in [0, 0.05) is 33.6 Å². The largest absolute Gasteiger partial charge is 0.493 e. The van der Waals surface area contributed by atoms with E-state index in [1.54, 1.807) is 50.4 Å². The smallest absolute Gasteiger partial charge is 0.183 e. The molecule has 6 heteroatoms. The van der Waals surface area contributed by atoms with Crippen LogP contribution in [0, 0.1) is 0 Å². The van der Waals surface area contributed by atoms with Crippen molar-refractivity contribution in [1.82, 2.24) is 4.98 Å². The number of methoxy groups -OCH3 is 2. The number of hydrogen-bond donors (Lipinski definition) is 1.